The molecule has 0 aliphatic rings. The summed E-state index contributed by atoms with van der Waals surface area (Å²) in [4.78, 5) is 12.2. The fourth-order valence-electron chi connectivity index (χ4n) is 2.57. The summed E-state index contributed by atoms with van der Waals surface area (Å²) in [6.07, 6.45) is 0. The van der Waals surface area contributed by atoms with E-state index in [1.165, 1.54) is 5.56 Å². The average Bonchev–Trinajstić information content (AvgIpc) is 2.59. The van der Waals surface area contributed by atoms with E-state index in [0.29, 0.717) is 6.61 Å². The SMILES string of the molecule is Cc1ccc(OCC(C)NC(=O)COc2ccccc2C(C)(C)C)cc1. The molecule has 2 aromatic carbocycles. The van der Waals surface area contributed by atoms with E-state index in [-0.39, 0.29) is 24.0 Å². The summed E-state index contributed by atoms with van der Waals surface area (Å²) < 4.78 is 11.4. The number of benzene rings is 2. The van der Waals surface area contributed by atoms with Gasteiger partial charge >= 0.3 is 0 Å². The second-order valence-electron chi connectivity index (χ2n) is 7.63. The largest absolute Gasteiger partial charge is 0.491 e. The Morgan fingerprint density at radius 2 is 1.69 bits per heavy atom. The number of carbonyl (C=O) groups is 1. The van der Waals surface area contributed by atoms with E-state index in [2.05, 4.69) is 26.1 Å². The van der Waals surface area contributed by atoms with Crippen LogP contribution >= 0.6 is 0 Å². The van der Waals surface area contributed by atoms with Crippen molar-refractivity contribution in [2.24, 2.45) is 0 Å². The maximum absolute atomic E-state index is 12.2. The zero-order valence-corrected chi connectivity index (χ0v) is 16.3. The van der Waals surface area contributed by atoms with E-state index in [1.54, 1.807) is 0 Å². The highest BCUT2D eigenvalue weighted by molar-refractivity contribution is 5.77. The first-order valence-corrected chi connectivity index (χ1v) is 8.97. The fraction of sp³-hybridized carbons (Fsp3) is 0.409. The molecule has 1 atom stereocenters. The summed E-state index contributed by atoms with van der Waals surface area (Å²) >= 11 is 0. The zero-order valence-electron chi connectivity index (χ0n) is 16.3. The van der Waals surface area contributed by atoms with Crippen LogP contribution in [-0.4, -0.2) is 25.2 Å². The van der Waals surface area contributed by atoms with Crippen LogP contribution in [0.15, 0.2) is 48.5 Å². The molecule has 1 unspecified atom stereocenters. The van der Waals surface area contributed by atoms with Gasteiger partial charge in [-0.05, 0) is 43.0 Å². The van der Waals surface area contributed by atoms with Crippen LogP contribution in [0.4, 0.5) is 0 Å². The minimum Gasteiger partial charge on any atom is -0.491 e. The number of carbonyl (C=O) groups excluding carboxylic acids is 1. The lowest BCUT2D eigenvalue weighted by Crippen LogP contribution is -2.39. The number of hydrogen-bond donors (Lipinski definition) is 1. The predicted octanol–water partition coefficient (Wildman–Crippen LogP) is 4.26. The highest BCUT2D eigenvalue weighted by Crippen LogP contribution is 2.30. The summed E-state index contributed by atoms with van der Waals surface area (Å²) in [6.45, 7) is 10.7. The second-order valence-corrected chi connectivity index (χ2v) is 7.63. The monoisotopic (exact) mass is 355 g/mol. The molecule has 0 spiro atoms. The topological polar surface area (TPSA) is 47.6 Å². The van der Waals surface area contributed by atoms with Crippen molar-refractivity contribution in [2.75, 3.05) is 13.2 Å². The molecule has 1 amide bonds. The molecule has 140 valence electrons. The lowest BCUT2D eigenvalue weighted by Gasteiger charge is -2.22. The van der Waals surface area contributed by atoms with Crippen LogP contribution in [0, 0.1) is 6.92 Å². The molecule has 0 saturated heterocycles. The lowest BCUT2D eigenvalue weighted by atomic mass is 9.86. The van der Waals surface area contributed by atoms with Gasteiger partial charge in [0.15, 0.2) is 6.61 Å². The Morgan fingerprint density at radius 1 is 1.04 bits per heavy atom. The van der Waals surface area contributed by atoms with Crippen molar-refractivity contribution in [1.82, 2.24) is 5.32 Å². The Labute approximate surface area is 156 Å². The van der Waals surface area contributed by atoms with Crippen molar-refractivity contribution in [3.05, 3.63) is 59.7 Å². The van der Waals surface area contributed by atoms with Crippen LogP contribution in [0.2, 0.25) is 0 Å². The smallest absolute Gasteiger partial charge is 0.258 e. The number of amides is 1. The van der Waals surface area contributed by atoms with E-state index in [0.717, 1.165) is 17.1 Å². The molecular weight excluding hydrogens is 326 g/mol. The molecule has 0 heterocycles. The van der Waals surface area contributed by atoms with E-state index in [4.69, 9.17) is 9.47 Å². The van der Waals surface area contributed by atoms with Crippen molar-refractivity contribution in [1.29, 1.82) is 0 Å². The quantitative estimate of drug-likeness (QED) is 0.807. The molecule has 2 aromatic rings. The standard InChI is InChI=1S/C22H29NO3/c1-16-10-12-18(13-11-16)25-14-17(2)23-21(24)15-26-20-9-7-6-8-19(20)22(3,4)5/h6-13,17H,14-15H2,1-5H3,(H,23,24). The minimum atomic E-state index is -0.159. The summed E-state index contributed by atoms with van der Waals surface area (Å²) in [5, 5.41) is 2.90. The first-order valence-electron chi connectivity index (χ1n) is 8.97. The number of aryl methyl sites for hydroxylation is 1. The number of nitrogens with one attached hydrogen (secondary N) is 1. The van der Waals surface area contributed by atoms with E-state index >= 15 is 0 Å². The Balaban J connectivity index is 1.81. The van der Waals surface area contributed by atoms with Crippen molar-refractivity contribution >= 4 is 5.91 Å². The highest BCUT2D eigenvalue weighted by Gasteiger charge is 2.19. The van der Waals surface area contributed by atoms with E-state index in [9.17, 15) is 4.79 Å². The molecule has 0 aromatic heterocycles. The molecule has 0 radical (unpaired) electrons. The maximum Gasteiger partial charge on any atom is 0.258 e. The van der Waals surface area contributed by atoms with E-state index < -0.39 is 0 Å². The van der Waals surface area contributed by atoms with Crippen LogP contribution in [0.25, 0.3) is 0 Å². The molecule has 26 heavy (non-hydrogen) atoms. The van der Waals surface area contributed by atoms with Gasteiger partial charge < -0.3 is 14.8 Å². The van der Waals surface area contributed by atoms with Crippen LogP contribution in [0.3, 0.4) is 0 Å². The molecule has 0 fully saturated rings. The Morgan fingerprint density at radius 3 is 2.35 bits per heavy atom. The predicted molar refractivity (Wildman–Crippen MR) is 105 cm³/mol. The molecule has 4 nitrogen and oxygen atoms in total. The highest BCUT2D eigenvalue weighted by atomic mass is 16.5. The van der Waals surface area contributed by atoms with Crippen molar-refractivity contribution in [3.63, 3.8) is 0 Å². The fourth-order valence-corrected chi connectivity index (χ4v) is 2.57. The third-order valence-corrected chi connectivity index (χ3v) is 3.98. The average molecular weight is 355 g/mol. The Hall–Kier alpha value is -2.49. The number of para-hydroxylation sites is 1. The van der Waals surface area contributed by atoms with Gasteiger partial charge in [0.2, 0.25) is 0 Å². The minimum absolute atomic E-state index is 0.0119. The van der Waals surface area contributed by atoms with Gasteiger partial charge in [-0.3, -0.25) is 4.79 Å². The molecular formula is C22H29NO3. The number of hydrogen-bond acceptors (Lipinski definition) is 3. The number of ether oxygens (including phenoxy) is 2. The molecule has 1 N–H and O–H groups in total. The van der Waals surface area contributed by atoms with Gasteiger partial charge in [0.25, 0.3) is 5.91 Å². The molecule has 0 bridgehead atoms. The maximum atomic E-state index is 12.2. The molecule has 0 saturated carbocycles. The molecule has 0 aliphatic heterocycles. The zero-order chi connectivity index (χ0) is 19.2. The Kier molecular flexibility index (Phi) is 6.67. The first-order chi connectivity index (χ1) is 12.3. The van der Waals surface area contributed by atoms with Gasteiger partial charge in [-0.2, -0.15) is 0 Å². The third-order valence-electron chi connectivity index (χ3n) is 3.98. The second kappa shape index (κ2) is 8.75. The van der Waals surface area contributed by atoms with Gasteiger partial charge in [0.1, 0.15) is 18.1 Å². The van der Waals surface area contributed by atoms with Gasteiger partial charge in [0, 0.05) is 0 Å². The van der Waals surface area contributed by atoms with Gasteiger partial charge in [0.05, 0.1) is 6.04 Å². The molecule has 2 rings (SSSR count). The molecule has 4 heteroatoms. The summed E-state index contributed by atoms with van der Waals surface area (Å²) in [7, 11) is 0. The first kappa shape index (κ1) is 19.8. The van der Waals surface area contributed by atoms with Crippen LogP contribution in [-0.2, 0) is 10.2 Å². The van der Waals surface area contributed by atoms with Gasteiger partial charge in [-0.25, -0.2) is 0 Å². The van der Waals surface area contributed by atoms with Gasteiger partial charge in [-0.1, -0.05) is 56.7 Å². The lowest BCUT2D eigenvalue weighted by molar-refractivity contribution is -0.123. The molecule has 0 aliphatic carbocycles. The summed E-state index contributed by atoms with van der Waals surface area (Å²) in [6, 6.07) is 15.6. The summed E-state index contributed by atoms with van der Waals surface area (Å²) in [5.41, 5.74) is 2.23. The van der Waals surface area contributed by atoms with Gasteiger partial charge in [-0.15, -0.1) is 0 Å². The van der Waals surface area contributed by atoms with Crippen LogP contribution in [0.1, 0.15) is 38.8 Å². The number of rotatable bonds is 7. The Bertz CT molecular complexity index is 717. The third kappa shape index (κ3) is 6.10. The van der Waals surface area contributed by atoms with E-state index in [1.807, 2.05) is 62.4 Å². The van der Waals surface area contributed by atoms with Crippen molar-refractivity contribution in [2.45, 2.75) is 46.1 Å². The van der Waals surface area contributed by atoms with Crippen molar-refractivity contribution in [3.8, 4) is 11.5 Å². The summed E-state index contributed by atoms with van der Waals surface area (Å²) in [5.74, 6) is 1.39. The van der Waals surface area contributed by atoms with Crippen molar-refractivity contribution < 1.29 is 14.3 Å². The normalized spacial score (nSPS) is 12.3. The van der Waals surface area contributed by atoms with Crippen LogP contribution in [0.5, 0.6) is 11.5 Å². The van der Waals surface area contributed by atoms with Crippen LogP contribution < -0.4 is 14.8 Å².